The molecule has 270 valence electrons. The topological polar surface area (TPSA) is 129 Å². The van der Waals surface area contributed by atoms with Gasteiger partial charge in [-0.3, -0.25) is 14.6 Å². The molecule has 1 aromatic carbocycles. The first-order chi connectivity index (χ1) is 23.8. The summed E-state index contributed by atoms with van der Waals surface area (Å²) in [6, 6.07) is 10.6. The number of hydrogen-bond acceptors (Lipinski definition) is 5. The summed E-state index contributed by atoms with van der Waals surface area (Å²) in [7, 11) is 0. The molecule has 5 saturated carbocycles. The van der Waals surface area contributed by atoms with Gasteiger partial charge in [-0.15, -0.1) is 0 Å². The van der Waals surface area contributed by atoms with E-state index >= 15 is 0 Å². The van der Waals surface area contributed by atoms with Crippen molar-refractivity contribution < 1.29 is 24.6 Å². The highest BCUT2D eigenvalue weighted by Gasteiger charge is 2.67. The van der Waals surface area contributed by atoms with Crippen LogP contribution >= 0.6 is 0 Å². The van der Waals surface area contributed by atoms with E-state index in [4.69, 9.17) is 5.11 Å². The Morgan fingerprint density at radius 3 is 2.38 bits per heavy atom. The molecule has 7 rings (SSSR count). The van der Waals surface area contributed by atoms with E-state index in [1.165, 1.54) is 44.4 Å². The van der Waals surface area contributed by atoms with Crippen molar-refractivity contribution in [3.05, 3.63) is 65.0 Å². The molecule has 8 nitrogen and oxygen atoms in total. The van der Waals surface area contributed by atoms with Gasteiger partial charge in [-0.1, -0.05) is 46.2 Å². The van der Waals surface area contributed by atoms with E-state index in [1.54, 1.807) is 12.1 Å². The van der Waals surface area contributed by atoms with E-state index in [0.717, 1.165) is 44.1 Å². The van der Waals surface area contributed by atoms with Crippen LogP contribution in [0.25, 0.3) is 0 Å². The van der Waals surface area contributed by atoms with E-state index in [1.807, 2.05) is 18.2 Å². The summed E-state index contributed by atoms with van der Waals surface area (Å²) in [4.78, 5) is 42.3. The van der Waals surface area contributed by atoms with E-state index in [9.17, 15) is 19.5 Å². The van der Waals surface area contributed by atoms with Crippen LogP contribution in [0.4, 0.5) is 0 Å². The van der Waals surface area contributed by atoms with Crippen LogP contribution in [0.1, 0.15) is 130 Å². The van der Waals surface area contributed by atoms with Gasteiger partial charge in [0, 0.05) is 18.3 Å². The fourth-order valence-electron chi connectivity index (χ4n) is 12.9. The molecule has 5 aliphatic rings. The van der Waals surface area contributed by atoms with Gasteiger partial charge in [-0.2, -0.15) is 0 Å². The highest BCUT2D eigenvalue weighted by molar-refractivity contribution is 5.94. The molecule has 2 aromatic rings. The minimum atomic E-state index is -1.04. The molecule has 0 bridgehead atoms. The molecule has 5 fully saturated rings. The molecule has 0 aliphatic heterocycles. The number of benzene rings is 1. The van der Waals surface area contributed by atoms with Crippen molar-refractivity contribution in [2.45, 2.75) is 117 Å². The van der Waals surface area contributed by atoms with Gasteiger partial charge in [0.15, 0.2) is 0 Å². The molecule has 4 N–H and O–H groups in total. The molecule has 9 unspecified atom stereocenters. The minimum Gasteiger partial charge on any atom is -0.478 e. The lowest BCUT2D eigenvalue weighted by molar-refractivity contribution is -0.214. The van der Waals surface area contributed by atoms with E-state index in [0.29, 0.717) is 59.2 Å². The smallest absolute Gasteiger partial charge is 0.337 e. The number of carboxylic acid groups (broad SMARTS) is 1. The lowest BCUT2D eigenvalue weighted by Gasteiger charge is -2.69. The molecule has 1 heterocycles. The van der Waals surface area contributed by atoms with Gasteiger partial charge < -0.3 is 20.8 Å². The predicted molar refractivity (Wildman–Crippen MR) is 192 cm³/mol. The zero-order valence-corrected chi connectivity index (χ0v) is 30.5. The number of pyridine rings is 1. The number of aliphatic hydroxyl groups is 1. The molecule has 9 atom stereocenters. The molecule has 1 aromatic heterocycles. The highest BCUT2D eigenvalue weighted by Crippen LogP contribution is 2.73. The maximum atomic E-state index is 14.2. The lowest BCUT2D eigenvalue weighted by Crippen LogP contribution is -2.63. The molecule has 0 spiro atoms. The number of nitrogens with one attached hydrogen (secondary N) is 2. The second-order valence-corrected chi connectivity index (χ2v) is 17.8. The first-order valence-electron chi connectivity index (χ1n) is 19.3. The second kappa shape index (κ2) is 13.1. The Hall–Kier alpha value is -3.26. The highest BCUT2D eigenvalue weighted by atomic mass is 16.4. The first-order valence-corrected chi connectivity index (χ1v) is 19.3. The summed E-state index contributed by atoms with van der Waals surface area (Å²) < 4.78 is 0. The summed E-state index contributed by atoms with van der Waals surface area (Å²) in [5.74, 6) is 2.05. The lowest BCUT2D eigenvalue weighted by atomic mass is 9.36. The quantitative estimate of drug-likeness (QED) is 0.233. The fraction of sp³-hybridized carbons (Fsp3) is 0.667. The fourth-order valence-corrected chi connectivity index (χ4v) is 12.9. The average Bonchev–Trinajstić information content (AvgIpc) is 3.55. The van der Waals surface area contributed by atoms with Crippen molar-refractivity contribution in [2.75, 3.05) is 6.54 Å². The van der Waals surface area contributed by atoms with Gasteiger partial charge in [0.1, 0.15) is 0 Å². The third kappa shape index (κ3) is 5.78. The minimum absolute atomic E-state index is 0.0266. The van der Waals surface area contributed by atoms with Gasteiger partial charge in [-0.05, 0) is 146 Å². The van der Waals surface area contributed by atoms with Crippen molar-refractivity contribution in [2.24, 2.45) is 51.2 Å². The molecule has 0 saturated heterocycles. The molecule has 0 radical (unpaired) electrons. The van der Waals surface area contributed by atoms with Gasteiger partial charge in [-0.25, -0.2) is 4.79 Å². The SMILES string of the molecule is CC1(C)C(O)CCC2(C)C1CCC1(C)C3CCC4(C(=O)NCCc5cccc(C(=O)NCc6ccc(C(=O)O)cn6)c5)CCCC4C3CCC12. The van der Waals surface area contributed by atoms with Crippen LogP contribution in [0, 0.1) is 51.2 Å². The van der Waals surface area contributed by atoms with Gasteiger partial charge in [0.25, 0.3) is 5.91 Å². The van der Waals surface area contributed by atoms with Crippen LogP contribution in [-0.4, -0.2) is 45.6 Å². The number of aromatic nitrogens is 1. The maximum Gasteiger partial charge on any atom is 0.337 e. The molecule has 8 heteroatoms. The number of carboxylic acids is 1. The summed E-state index contributed by atoms with van der Waals surface area (Å²) in [5.41, 5.74) is 2.56. The van der Waals surface area contributed by atoms with Gasteiger partial charge in [0.05, 0.1) is 29.3 Å². The van der Waals surface area contributed by atoms with Crippen LogP contribution in [0.3, 0.4) is 0 Å². The number of fused-ring (bicyclic) bond motifs is 7. The predicted octanol–water partition coefficient (Wildman–Crippen LogP) is 7.19. The number of carbonyl (C=O) groups is 3. The monoisotopic (exact) mass is 683 g/mol. The number of aliphatic hydroxyl groups excluding tert-OH is 1. The molecule has 50 heavy (non-hydrogen) atoms. The first kappa shape index (κ1) is 35.2. The Labute approximate surface area is 297 Å². The van der Waals surface area contributed by atoms with Crippen molar-refractivity contribution in [3.8, 4) is 0 Å². The average molecular weight is 684 g/mol. The summed E-state index contributed by atoms with van der Waals surface area (Å²) in [6.07, 6.45) is 14.3. The van der Waals surface area contributed by atoms with Crippen LogP contribution in [-0.2, 0) is 17.8 Å². The third-order valence-electron chi connectivity index (χ3n) is 15.3. The molecular weight excluding hydrogens is 626 g/mol. The largest absolute Gasteiger partial charge is 0.478 e. The van der Waals surface area contributed by atoms with Crippen LogP contribution < -0.4 is 10.6 Å². The molecule has 2 amide bonds. The van der Waals surface area contributed by atoms with Crippen molar-refractivity contribution in [3.63, 3.8) is 0 Å². The Morgan fingerprint density at radius 2 is 1.62 bits per heavy atom. The maximum absolute atomic E-state index is 14.2. The zero-order chi connectivity index (χ0) is 35.5. The van der Waals surface area contributed by atoms with Gasteiger partial charge >= 0.3 is 5.97 Å². The van der Waals surface area contributed by atoms with Gasteiger partial charge in [0.2, 0.25) is 5.91 Å². The third-order valence-corrected chi connectivity index (χ3v) is 15.3. The number of aromatic carboxylic acids is 1. The number of carbonyl (C=O) groups excluding carboxylic acids is 2. The van der Waals surface area contributed by atoms with Crippen LogP contribution in [0.15, 0.2) is 42.6 Å². The number of rotatable bonds is 8. The number of nitrogens with zero attached hydrogens (tertiary/aromatic N) is 1. The Morgan fingerprint density at radius 1 is 0.820 bits per heavy atom. The number of hydrogen-bond donors (Lipinski definition) is 4. The van der Waals surface area contributed by atoms with E-state index in [2.05, 4.69) is 43.3 Å². The van der Waals surface area contributed by atoms with Crippen LogP contribution in [0.2, 0.25) is 0 Å². The summed E-state index contributed by atoms with van der Waals surface area (Å²) in [6.45, 7) is 10.6. The van der Waals surface area contributed by atoms with Crippen molar-refractivity contribution in [1.82, 2.24) is 15.6 Å². The van der Waals surface area contributed by atoms with Crippen LogP contribution in [0.5, 0.6) is 0 Å². The summed E-state index contributed by atoms with van der Waals surface area (Å²) >= 11 is 0. The summed E-state index contributed by atoms with van der Waals surface area (Å²) in [5, 5.41) is 26.3. The number of amides is 2. The van der Waals surface area contributed by atoms with E-state index in [-0.39, 0.29) is 46.3 Å². The molecule has 5 aliphatic carbocycles. The zero-order valence-electron chi connectivity index (χ0n) is 30.5. The molecular formula is C42H57N3O5. The Bertz CT molecular complexity index is 1620. The Balaban J connectivity index is 0.967. The van der Waals surface area contributed by atoms with Crippen molar-refractivity contribution in [1.29, 1.82) is 0 Å². The van der Waals surface area contributed by atoms with E-state index < -0.39 is 5.97 Å². The Kier molecular flexibility index (Phi) is 9.18. The second-order valence-electron chi connectivity index (χ2n) is 17.8. The normalized spacial score (nSPS) is 37.0. The van der Waals surface area contributed by atoms with Crippen molar-refractivity contribution >= 4 is 17.8 Å². The standard InChI is InChI=1S/C42H57N3O5/c1-39(2)33-15-19-40(3)31-14-21-42(18-6-9-32(42)30(31)12-13-34(40)41(33,4)20-16-35(39)46)38(50)43-22-17-26-7-5-8-27(23-26)36(47)45-25-29-11-10-28(24-44-29)37(48)49/h5,7-8,10-11,23-24,30-35,46H,6,9,12-22,25H2,1-4H3,(H,43,50)(H,45,47)(H,48,49).